The average molecular weight is 260 g/mol. The van der Waals surface area contributed by atoms with E-state index in [9.17, 15) is 0 Å². The van der Waals surface area contributed by atoms with Crippen LogP contribution in [0.5, 0.6) is 0 Å². The Labute approximate surface area is 111 Å². The zero-order valence-electron chi connectivity index (χ0n) is 10.1. The van der Waals surface area contributed by atoms with E-state index in [2.05, 4.69) is 29.2 Å². The van der Waals surface area contributed by atoms with E-state index in [4.69, 9.17) is 10.5 Å². The van der Waals surface area contributed by atoms with Gasteiger partial charge in [0.2, 0.25) is 0 Å². The lowest BCUT2D eigenvalue weighted by Gasteiger charge is -2.36. The number of benzene rings is 1. The molecule has 2 heterocycles. The van der Waals surface area contributed by atoms with Gasteiger partial charge in [-0.05, 0) is 18.4 Å². The van der Waals surface area contributed by atoms with E-state index >= 15 is 0 Å². The summed E-state index contributed by atoms with van der Waals surface area (Å²) in [6, 6.07) is 10.6. The highest BCUT2D eigenvalue weighted by atomic mass is 32.1. The number of anilines is 1. The summed E-state index contributed by atoms with van der Waals surface area (Å²) in [6.45, 7) is 1.57. The predicted octanol–water partition coefficient (Wildman–Crippen LogP) is 2.82. The highest BCUT2D eigenvalue weighted by molar-refractivity contribution is 7.10. The molecule has 3 nitrogen and oxygen atoms in total. The zero-order valence-corrected chi connectivity index (χ0v) is 11.0. The first-order valence-electron chi connectivity index (χ1n) is 6.16. The Morgan fingerprint density at radius 2 is 1.89 bits per heavy atom. The van der Waals surface area contributed by atoms with Gasteiger partial charge in [-0.2, -0.15) is 0 Å². The summed E-state index contributed by atoms with van der Waals surface area (Å²) < 4.78 is 5.52. The second kappa shape index (κ2) is 4.71. The maximum atomic E-state index is 5.79. The van der Waals surface area contributed by atoms with Gasteiger partial charge in [-0.15, -0.1) is 11.3 Å². The number of nitrogens with zero attached hydrogens (tertiary/aromatic N) is 1. The van der Waals surface area contributed by atoms with Gasteiger partial charge in [0, 0.05) is 18.6 Å². The van der Waals surface area contributed by atoms with Gasteiger partial charge in [0.05, 0.1) is 5.41 Å². The van der Waals surface area contributed by atoms with Gasteiger partial charge in [-0.1, -0.05) is 30.3 Å². The van der Waals surface area contributed by atoms with Gasteiger partial charge in [-0.25, -0.2) is 4.98 Å². The van der Waals surface area contributed by atoms with Crippen molar-refractivity contribution in [1.29, 1.82) is 0 Å². The van der Waals surface area contributed by atoms with Gasteiger partial charge in [-0.3, -0.25) is 0 Å². The van der Waals surface area contributed by atoms with E-state index in [1.54, 1.807) is 11.3 Å². The van der Waals surface area contributed by atoms with Gasteiger partial charge in [0.1, 0.15) is 10.8 Å². The third-order valence-corrected chi connectivity index (χ3v) is 4.67. The number of hydrogen-bond donors (Lipinski definition) is 1. The van der Waals surface area contributed by atoms with E-state index in [1.165, 1.54) is 5.56 Å². The van der Waals surface area contributed by atoms with Crippen molar-refractivity contribution >= 4 is 17.2 Å². The molecule has 18 heavy (non-hydrogen) atoms. The topological polar surface area (TPSA) is 48.1 Å². The molecule has 0 saturated carbocycles. The number of rotatable bonds is 2. The van der Waals surface area contributed by atoms with Crippen LogP contribution in [0.1, 0.15) is 23.4 Å². The van der Waals surface area contributed by atoms with Crippen molar-refractivity contribution in [3.05, 3.63) is 46.3 Å². The van der Waals surface area contributed by atoms with E-state index in [-0.39, 0.29) is 5.41 Å². The largest absolute Gasteiger partial charge is 0.383 e. The number of hydrogen-bond acceptors (Lipinski definition) is 4. The van der Waals surface area contributed by atoms with Crippen LogP contribution >= 0.6 is 11.3 Å². The second-order valence-electron chi connectivity index (χ2n) is 4.64. The van der Waals surface area contributed by atoms with Crippen LogP contribution in [0.15, 0.2) is 35.7 Å². The quantitative estimate of drug-likeness (QED) is 0.903. The molecule has 0 atom stereocenters. The molecule has 0 radical (unpaired) electrons. The van der Waals surface area contributed by atoms with E-state index in [1.807, 2.05) is 11.4 Å². The molecule has 0 aliphatic carbocycles. The molecule has 0 unspecified atom stereocenters. The summed E-state index contributed by atoms with van der Waals surface area (Å²) in [6.07, 6.45) is 1.95. The third kappa shape index (κ3) is 1.91. The Hall–Kier alpha value is -1.39. The zero-order chi connectivity index (χ0) is 12.4. The van der Waals surface area contributed by atoms with Crippen molar-refractivity contribution in [1.82, 2.24) is 4.98 Å². The van der Waals surface area contributed by atoms with Gasteiger partial charge in [0.25, 0.3) is 0 Å². The van der Waals surface area contributed by atoms with Crippen LogP contribution in [0.4, 0.5) is 5.82 Å². The summed E-state index contributed by atoms with van der Waals surface area (Å²) in [5.74, 6) is 0.622. The van der Waals surface area contributed by atoms with Crippen LogP contribution < -0.4 is 5.73 Å². The Morgan fingerprint density at radius 1 is 1.17 bits per heavy atom. The summed E-state index contributed by atoms with van der Waals surface area (Å²) in [5.41, 5.74) is 7.10. The predicted molar refractivity (Wildman–Crippen MR) is 73.8 cm³/mol. The third-order valence-electron chi connectivity index (χ3n) is 3.60. The van der Waals surface area contributed by atoms with Gasteiger partial charge in [0.15, 0.2) is 0 Å². The molecule has 2 N–H and O–H groups in total. The molecule has 1 aromatic heterocycles. The van der Waals surface area contributed by atoms with Crippen molar-refractivity contribution in [3.63, 3.8) is 0 Å². The van der Waals surface area contributed by atoms with Crippen LogP contribution in [0.25, 0.3) is 0 Å². The Bertz CT molecular complexity index is 518. The van der Waals surface area contributed by atoms with Crippen molar-refractivity contribution in [2.45, 2.75) is 18.3 Å². The SMILES string of the molecule is Nc1csc(C2(c3ccccc3)CCOCC2)n1. The number of ether oxygens (including phenoxy) is 1. The normalized spacial score (nSPS) is 18.7. The molecule has 4 heteroatoms. The molecule has 1 aliphatic heterocycles. The maximum absolute atomic E-state index is 5.79. The smallest absolute Gasteiger partial charge is 0.134 e. The minimum absolute atomic E-state index is 0.0121. The minimum Gasteiger partial charge on any atom is -0.383 e. The summed E-state index contributed by atoms with van der Waals surface area (Å²) in [5, 5.41) is 3.05. The lowest BCUT2D eigenvalue weighted by Crippen LogP contribution is -2.34. The molecule has 3 rings (SSSR count). The van der Waals surface area contributed by atoms with Crippen LogP contribution in [0.3, 0.4) is 0 Å². The summed E-state index contributed by atoms with van der Waals surface area (Å²) in [7, 11) is 0. The van der Waals surface area contributed by atoms with Crippen molar-refractivity contribution in [3.8, 4) is 0 Å². The maximum Gasteiger partial charge on any atom is 0.134 e. The van der Waals surface area contributed by atoms with Gasteiger partial charge >= 0.3 is 0 Å². The van der Waals surface area contributed by atoms with Crippen molar-refractivity contribution in [2.75, 3.05) is 18.9 Å². The van der Waals surface area contributed by atoms with Crippen LogP contribution in [-0.2, 0) is 10.2 Å². The molecular formula is C14H16N2OS. The molecule has 0 spiro atoms. The number of nitrogen functional groups attached to an aromatic ring is 1. The molecule has 2 aromatic rings. The summed E-state index contributed by atoms with van der Waals surface area (Å²) in [4.78, 5) is 4.52. The standard InChI is InChI=1S/C14H16N2OS/c15-12-10-18-13(16-12)14(6-8-17-9-7-14)11-4-2-1-3-5-11/h1-5,10H,6-9,15H2. The number of nitrogens with two attached hydrogens (primary N) is 1. The second-order valence-corrected chi connectivity index (χ2v) is 5.50. The molecule has 94 valence electrons. The van der Waals surface area contributed by atoms with E-state index < -0.39 is 0 Å². The van der Waals surface area contributed by atoms with E-state index in [0.29, 0.717) is 5.82 Å². The number of aromatic nitrogens is 1. The lowest BCUT2D eigenvalue weighted by atomic mass is 9.75. The lowest BCUT2D eigenvalue weighted by molar-refractivity contribution is 0.0630. The van der Waals surface area contributed by atoms with E-state index in [0.717, 1.165) is 31.1 Å². The first-order valence-corrected chi connectivity index (χ1v) is 7.04. The minimum atomic E-state index is -0.0121. The molecule has 0 bridgehead atoms. The van der Waals surface area contributed by atoms with Gasteiger partial charge < -0.3 is 10.5 Å². The highest BCUT2D eigenvalue weighted by Gasteiger charge is 2.38. The number of thiazole rings is 1. The molecule has 1 aliphatic rings. The fraction of sp³-hybridized carbons (Fsp3) is 0.357. The highest BCUT2D eigenvalue weighted by Crippen LogP contribution is 2.42. The Morgan fingerprint density at radius 3 is 2.50 bits per heavy atom. The molecule has 0 amide bonds. The fourth-order valence-corrected chi connectivity index (χ4v) is 3.60. The van der Waals surface area contributed by atoms with Crippen LogP contribution in [0, 0.1) is 0 Å². The average Bonchev–Trinajstić information content (AvgIpc) is 2.88. The molecule has 1 saturated heterocycles. The summed E-state index contributed by atoms with van der Waals surface area (Å²) >= 11 is 1.66. The fourth-order valence-electron chi connectivity index (χ4n) is 2.61. The van der Waals surface area contributed by atoms with Crippen LogP contribution in [-0.4, -0.2) is 18.2 Å². The Kier molecular flexibility index (Phi) is 3.06. The first-order chi connectivity index (χ1) is 8.81. The molecule has 1 aromatic carbocycles. The molecule has 1 fully saturated rings. The monoisotopic (exact) mass is 260 g/mol. The van der Waals surface area contributed by atoms with Crippen molar-refractivity contribution < 1.29 is 4.74 Å². The molecular weight excluding hydrogens is 244 g/mol. The van der Waals surface area contributed by atoms with Crippen molar-refractivity contribution in [2.24, 2.45) is 0 Å². The van der Waals surface area contributed by atoms with Crippen LogP contribution in [0.2, 0.25) is 0 Å². The first kappa shape index (κ1) is 11.7. The Balaban J connectivity index is 2.09.